The molecule has 0 radical (unpaired) electrons. The summed E-state index contributed by atoms with van der Waals surface area (Å²) >= 11 is 5.32. The molecule has 0 saturated heterocycles. The van der Waals surface area contributed by atoms with Gasteiger partial charge in [0, 0.05) is 40.6 Å². The third kappa shape index (κ3) is 11.6. The van der Waals surface area contributed by atoms with Gasteiger partial charge in [-0.1, -0.05) is 38.1 Å². The monoisotopic (exact) mass is 560 g/mol. The first-order valence-corrected chi connectivity index (χ1v) is 14.6. The van der Waals surface area contributed by atoms with E-state index < -0.39 is 17.1 Å². The van der Waals surface area contributed by atoms with Crippen LogP contribution in [0.3, 0.4) is 0 Å². The predicted octanol–water partition coefficient (Wildman–Crippen LogP) is 4.55. The number of allylic oxidation sites excluding steroid dienone is 2. The molecule has 198 valence electrons. The maximum Gasteiger partial charge on any atom is 0.394 e. The summed E-state index contributed by atoms with van der Waals surface area (Å²) in [7, 11) is -4.67. The van der Waals surface area contributed by atoms with E-state index in [4.69, 9.17) is 42.9 Å². The number of carbonyl (C=O) groups excluding carboxylic acids is 2. The third-order valence-electron chi connectivity index (χ3n) is 3.99. The molecule has 1 aromatic carbocycles. The van der Waals surface area contributed by atoms with Gasteiger partial charge in [-0.05, 0) is 32.9 Å². The van der Waals surface area contributed by atoms with Gasteiger partial charge < -0.3 is 4.52 Å². The van der Waals surface area contributed by atoms with Gasteiger partial charge >= 0.3 is 17.1 Å². The number of carbonyl (C=O) groups is 2. The normalized spacial score (nSPS) is 12.8. The lowest BCUT2D eigenvalue weighted by molar-refractivity contribution is 0.0994. The van der Waals surface area contributed by atoms with E-state index in [-0.39, 0.29) is 17.5 Å². The molecule has 2 N–H and O–H groups in total. The number of hydrogen-bond donors (Lipinski definition) is 2. The van der Waals surface area contributed by atoms with Crippen LogP contribution < -0.4 is 4.52 Å². The summed E-state index contributed by atoms with van der Waals surface area (Å²) in [5, 5.41) is 0. The van der Waals surface area contributed by atoms with Crippen molar-refractivity contribution in [1.82, 2.24) is 9.97 Å². The molecule has 3 rings (SSSR count). The highest BCUT2D eigenvalue weighted by atomic mass is 32.5. The van der Waals surface area contributed by atoms with Crippen molar-refractivity contribution >= 4 is 40.5 Å². The quantitative estimate of drug-likeness (QED) is 0.359. The number of hydrogen-bond acceptors (Lipinski definition) is 10. The van der Waals surface area contributed by atoms with Crippen LogP contribution in [0.25, 0.3) is 0 Å². The van der Waals surface area contributed by atoms with Gasteiger partial charge in [0.05, 0.1) is 13.2 Å². The number of benzene rings is 1. The smallest absolute Gasteiger partial charge is 0.394 e. The van der Waals surface area contributed by atoms with Gasteiger partial charge in [0.1, 0.15) is 5.82 Å². The number of aromatic nitrogens is 2. The van der Waals surface area contributed by atoms with Crippen LogP contribution >= 0.6 is 6.72 Å². The molecule has 0 fully saturated rings. The minimum absolute atomic E-state index is 0.0924. The highest BCUT2D eigenvalue weighted by Crippen LogP contribution is 2.49. The van der Waals surface area contributed by atoms with E-state index in [2.05, 4.69) is 9.97 Å². The van der Waals surface area contributed by atoms with Crippen molar-refractivity contribution in [2.75, 3.05) is 13.2 Å². The first-order valence-electron chi connectivity index (χ1n) is 10.7. The Morgan fingerprint density at radius 1 is 0.972 bits per heavy atom. The van der Waals surface area contributed by atoms with E-state index in [9.17, 15) is 9.59 Å². The fourth-order valence-electron chi connectivity index (χ4n) is 2.63. The summed E-state index contributed by atoms with van der Waals surface area (Å²) in [6.07, 6.45) is 2.62. The van der Waals surface area contributed by atoms with Gasteiger partial charge in [-0.3, -0.25) is 27.7 Å². The average Bonchev–Trinajstić information content (AvgIpc) is 2.75. The Morgan fingerprint density at radius 3 is 1.81 bits per heavy atom. The van der Waals surface area contributed by atoms with Gasteiger partial charge in [0.15, 0.2) is 11.6 Å². The van der Waals surface area contributed by atoms with E-state index in [1.165, 1.54) is 12.2 Å². The molecule has 36 heavy (non-hydrogen) atoms. The Balaban J connectivity index is 0.000000322. The van der Waals surface area contributed by atoms with E-state index >= 15 is 0 Å². The Hall–Kier alpha value is -2.38. The minimum atomic E-state index is -4.67. The third-order valence-corrected chi connectivity index (χ3v) is 6.40. The summed E-state index contributed by atoms with van der Waals surface area (Å²) in [5.74, 6) is 1.18. The second kappa shape index (κ2) is 14.4. The summed E-state index contributed by atoms with van der Waals surface area (Å²) in [5.41, 5.74) is 1.85. The van der Waals surface area contributed by atoms with Gasteiger partial charge in [0.25, 0.3) is 0 Å². The molecule has 0 spiro atoms. The van der Waals surface area contributed by atoms with Crippen molar-refractivity contribution < 1.29 is 40.7 Å². The maximum atomic E-state index is 11.2. The summed E-state index contributed by atoms with van der Waals surface area (Å²) < 4.78 is 48.1. The zero-order valence-electron chi connectivity index (χ0n) is 20.4. The van der Waals surface area contributed by atoms with Crippen LogP contribution in [0.4, 0.5) is 0 Å². The zero-order chi connectivity index (χ0) is 27.5. The molecule has 11 nitrogen and oxygen atoms in total. The second-order valence-corrected chi connectivity index (χ2v) is 11.1. The van der Waals surface area contributed by atoms with Gasteiger partial charge in [0.2, 0.25) is 5.88 Å². The Bertz CT molecular complexity index is 1190. The second-order valence-electron chi connectivity index (χ2n) is 7.29. The highest BCUT2D eigenvalue weighted by molar-refractivity contribution is 8.07. The molecule has 0 unspecified atom stereocenters. The van der Waals surface area contributed by atoms with Crippen LogP contribution in [-0.4, -0.2) is 52.3 Å². The molecule has 0 saturated carbocycles. The number of fused-ring (bicyclic) bond motifs is 1. The fraction of sp³-hybridized carbons (Fsp3) is 0.364. The number of ketones is 2. The summed E-state index contributed by atoms with van der Waals surface area (Å²) in [6.45, 7) is 7.78. The molecule has 2 aromatic rings. The Morgan fingerprint density at radius 2 is 1.42 bits per heavy atom. The average molecular weight is 561 g/mol. The van der Waals surface area contributed by atoms with Gasteiger partial charge in [-0.25, -0.2) is 4.98 Å². The summed E-state index contributed by atoms with van der Waals surface area (Å²) in [4.78, 5) is 31.1. The number of nitrogens with zero attached hydrogens (tertiary/aromatic N) is 2. The topological polar surface area (TPSA) is 162 Å². The van der Waals surface area contributed by atoms with Crippen molar-refractivity contribution in [2.24, 2.45) is 0 Å². The molecule has 1 heterocycles. The van der Waals surface area contributed by atoms with Crippen molar-refractivity contribution in [3.8, 4) is 5.88 Å². The minimum Gasteiger partial charge on any atom is -0.406 e. The lowest BCUT2D eigenvalue weighted by Gasteiger charge is -2.20. The van der Waals surface area contributed by atoms with Gasteiger partial charge in [-0.2, -0.15) is 13.4 Å². The van der Waals surface area contributed by atoms with Crippen LogP contribution in [0.5, 0.6) is 5.88 Å². The molecule has 1 aromatic heterocycles. The predicted molar refractivity (Wildman–Crippen MR) is 137 cm³/mol. The van der Waals surface area contributed by atoms with E-state index in [1.54, 1.807) is 30.3 Å². The molecule has 0 atom stereocenters. The largest absolute Gasteiger partial charge is 0.406 e. The first-order chi connectivity index (χ1) is 16.7. The molecule has 0 bridgehead atoms. The lowest BCUT2D eigenvalue weighted by atomic mass is 9.95. The van der Waals surface area contributed by atoms with Crippen molar-refractivity contribution in [3.63, 3.8) is 0 Å². The van der Waals surface area contributed by atoms with Crippen molar-refractivity contribution in [3.05, 3.63) is 65.1 Å². The molecule has 0 aliphatic heterocycles. The Kier molecular flexibility index (Phi) is 12.6. The SMILES string of the molecule is CCOP(=S)(OCC)Oc1cc(C)nc(C(C)C)n1.O=C1C=CC(=O)c2ccccc21.O=S(=O)(O)O. The van der Waals surface area contributed by atoms with Crippen LogP contribution in [0.15, 0.2) is 42.5 Å². The van der Waals surface area contributed by atoms with Crippen molar-refractivity contribution in [2.45, 2.75) is 40.5 Å². The van der Waals surface area contributed by atoms with Crippen LogP contribution in [0.2, 0.25) is 0 Å². The molecule has 1 aliphatic carbocycles. The van der Waals surface area contributed by atoms with Gasteiger partial charge in [-0.15, -0.1) is 0 Å². The fourth-order valence-corrected chi connectivity index (χ4v) is 4.63. The zero-order valence-corrected chi connectivity index (χ0v) is 23.0. The van der Waals surface area contributed by atoms with Crippen molar-refractivity contribution in [1.29, 1.82) is 0 Å². The Labute approximate surface area is 215 Å². The van der Waals surface area contributed by atoms with E-state index in [1.807, 2.05) is 34.6 Å². The van der Waals surface area contributed by atoms with Crippen LogP contribution in [0.1, 0.15) is 65.8 Å². The standard InChI is InChI=1S/C12H21N2O3PS.C10H6O2.H2O4S/c1-6-15-18(19,16-7-2)17-11-8-10(5)13-12(14-11)9(3)4;11-9-5-6-10(12)8-4-2-1-3-7(8)9;1-5(2,3)4/h8-9H,6-7H2,1-5H3;1-6H;(H2,1,2,3,4). The van der Waals surface area contributed by atoms with E-state index in [0.29, 0.717) is 30.2 Å². The lowest BCUT2D eigenvalue weighted by Crippen LogP contribution is -2.10. The molecule has 14 heteroatoms. The molecular formula is C22H29N2O9PS2. The number of aryl methyl sites for hydroxylation is 1. The first kappa shape index (κ1) is 31.6. The van der Waals surface area contributed by atoms with E-state index in [0.717, 1.165) is 11.5 Å². The summed E-state index contributed by atoms with van der Waals surface area (Å²) in [6, 6.07) is 8.58. The van der Waals surface area contributed by atoms with Crippen LogP contribution in [-0.2, 0) is 31.3 Å². The highest BCUT2D eigenvalue weighted by Gasteiger charge is 2.23. The molecular weight excluding hydrogens is 531 g/mol. The van der Waals surface area contributed by atoms with Crippen LogP contribution in [0, 0.1) is 6.92 Å². The number of rotatable bonds is 7. The molecule has 1 aliphatic rings. The maximum absolute atomic E-state index is 11.2. The molecule has 0 amide bonds.